The molecule has 0 aliphatic heterocycles. The summed E-state index contributed by atoms with van der Waals surface area (Å²) in [4.78, 5) is 8.29. The summed E-state index contributed by atoms with van der Waals surface area (Å²) in [5.74, 6) is 1.52. The Morgan fingerprint density at radius 1 is 1.35 bits per heavy atom. The topological polar surface area (TPSA) is 78.3 Å². The van der Waals surface area contributed by atoms with Gasteiger partial charge in [-0.1, -0.05) is 17.7 Å². The fraction of sp³-hybridized carbons (Fsp3) is 0.154. The second kappa shape index (κ2) is 5.07. The first kappa shape index (κ1) is 12.8. The normalized spacial score (nSPS) is 10.9. The van der Waals surface area contributed by atoms with Crippen molar-refractivity contribution in [2.75, 3.05) is 0 Å². The van der Waals surface area contributed by atoms with Crippen molar-refractivity contribution in [1.29, 1.82) is 0 Å². The molecular weight excluding hydrogens is 278 g/mol. The van der Waals surface area contributed by atoms with Crippen molar-refractivity contribution < 1.29 is 4.74 Å². The number of fused-ring (bicyclic) bond motifs is 1. The second-order valence-electron chi connectivity index (χ2n) is 4.28. The Kier molecular flexibility index (Phi) is 3.25. The number of hydrogen-bond acceptors (Lipinski definition) is 5. The van der Waals surface area contributed by atoms with E-state index in [0.717, 1.165) is 11.3 Å². The van der Waals surface area contributed by atoms with E-state index >= 15 is 0 Å². The van der Waals surface area contributed by atoms with Gasteiger partial charge in [0.15, 0.2) is 0 Å². The largest absolute Gasteiger partial charge is 0.437 e. The lowest BCUT2D eigenvalue weighted by Crippen LogP contribution is -2.00. The number of hydrogen-bond donors (Lipinski definition) is 1. The van der Waals surface area contributed by atoms with E-state index in [1.54, 1.807) is 18.2 Å². The van der Waals surface area contributed by atoms with Gasteiger partial charge in [-0.2, -0.15) is 14.6 Å². The highest BCUT2D eigenvalue weighted by atomic mass is 35.5. The van der Waals surface area contributed by atoms with Crippen molar-refractivity contribution in [1.82, 2.24) is 19.6 Å². The van der Waals surface area contributed by atoms with Crippen LogP contribution in [0.2, 0.25) is 5.02 Å². The first-order valence-electron chi connectivity index (χ1n) is 6.01. The van der Waals surface area contributed by atoms with Gasteiger partial charge < -0.3 is 10.5 Å². The molecule has 0 saturated carbocycles. The Balaban J connectivity index is 2.03. The van der Waals surface area contributed by atoms with Crippen LogP contribution in [0.3, 0.4) is 0 Å². The number of aromatic nitrogens is 4. The molecule has 102 valence electrons. The highest BCUT2D eigenvalue weighted by Crippen LogP contribution is 2.30. The summed E-state index contributed by atoms with van der Waals surface area (Å²) in [6.45, 7) is 2.29. The zero-order valence-electron chi connectivity index (χ0n) is 10.7. The lowest BCUT2D eigenvalue weighted by atomic mass is 10.2. The Labute approximate surface area is 120 Å². The minimum Gasteiger partial charge on any atom is -0.437 e. The van der Waals surface area contributed by atoms with Crippen LogP contribution in [0, 0.1) is 6.92 Å². The van der Waals surface area contributed by atoms with Crippen molar-refractivity contribution in [2.24, 2.45) is 5.73 Å². The molecule has 0 radical (unpaired) electrons. The summed E-state index contributed by atoms with van der Waals surface area (Å²) in [6.07, 6.45) is 1.42. The van der Waals surface area contributed by atoms with Crippen LogP contribution in [0.15, 0.2) is 30.6 Å². The zero-order chi connectivity index (χ0) is 14.1. The number of aryl methyl sites for hydroxylation is 1. The minimum atomic E-state index is 0.432. The molecule has 0 aliphatic carbocycles. The predicted octanol–water partition coefficient (Wildman–Crippen LogP) is 2.34. The first-order chi connectivity index (χ1) is 9.67. The summed E-state index contributed by atoms with van der Waals surface area (Å²) in [6, 6.07) is 7.20. The summed E-state index contributed by atoms with van der Waals surface area (Å²) >= 11 is 6.18. The standard InChI is InChI=1S/C13H12ClN5O/c1-8-4-12(19-13(18-8)16-7-17-19)20-11-3-2-9(6-15)5-10(11)14/h2-5,7H,6,15H2,1H3. The van der Waals surface area contributed by atoms with E-state index < -0.39 is 0 Å². The average Bonchev–Trinajstić information content (AvgIpc) is 2.89. The van der Waals surface area contributed by atoms with Gasteiger partial charge in [-0.15, -0.1) is 0 Å². The molecule has 2 aromatic heterocycles. The molecule has 0 unspecified atom stereocenters. The number of nitrogens with zero attached hydrogens (tertiary/aromatic N) is 4. The van der Waals surface area contributed by atoms with Crippen LogP contribution >= 0.6 is 11.6 Å². The molecule has 0 aliphatic rings. The van der Waals surface area contributed by atoms with Gasteiger partial charge in [0.25, 0.3) is 5.78 Å². The van der Waals surface area contributed by atoms with Gasteiger partial charge in [0.2, 0.25) is 5.88 Å². The molecule has 20 heavy (non-hydrogen) atoms. The van der Waals surface area contributed by atoms with Crippen LogP contribution in [0.5, 0.6) is 11.6 Å². The summed E-state index contributed by atoms with van der Waals surface area (Å²) in [5.41, 5.74) is 7.30. The van der Waals surface area contributed by atoms with Gasteiger partial charge in [-0.25, -0.2) is 4.98 Å². The maximum Gasteiger partial charge on any atom is 0.255 e. The van der Waals surface area contributed by atoms with Crippen molar-refractivity contribution >= 4 is 17.4 Å². The van der Waals surface area contributed by atoms with Gasteiger partial charge in [-0.05, 0) is 24.6 Å². The average molecular weight is 290 g/mol. The fourth-order valence-electron chi connectivity index (χ4n) is 1.84. The van der Waals surface area contributed by atoms with E-state index in [-0.39, 0.29) is 0 Å². The van der Waals surface area contributed by atoms with Crippen LogP contribution in [0.4, 0.5) is 0 Å². The molecule has 1 aromatic carbocycles. The lowest BCUT2D eigenvalue weighted by Gasteiger charge is -2.10. The molecular formula is C13H12ClN5O. The minimum absolute atomic E-state index is 0.432. The molecule has 6 nitrogen and oxygen atoms in total. The van der Waals surface area contributed by atoms with E-state index in [9.17, 15) is 0 Å². The Morgan fingerprint density at radius 3 is 2.95 bits per heavy atom. The molecule has 0 saturated heterocycles. The SMILES string of the molecule is Cc1cc(Oc2ccc(CN)cc2Cl)n2ncnc2n1. The van der Waals surface area contributed by atoms with Gasteiger partial charge in [0.1, 0.15) is 12.1 Å². The number of rotatable bonds is 3. The van der Waals surface area contributed by atoms with Crippen LogP contribution in [-0.4, -0.2) is 19.6 Å². The molecule has 2 heterocycles. The van der Waals surface area contributed by atoms with E-state index in [2.05, 4.69) is 15.1 Å². The monoisotopic (exact) mass is 289 g/mol. The maximum absolute atomic E-state index is 6.18. The molecule has 0 spiro atoms. The van der Waals surface area contributed by atoms with Gasteiger partial charge >= 0.3 is 0 Å². The molecule has 2 N–H and O–H groups in total. The quantitative estimate of drug-likeness (QED) is 0.800. The number of benzene rings is 1. The Morgan fingerprint density at radius 2 is 2.20 bits per heavy atom. The van der Waals surface area contributed by atoms with Gasteiger partial charge in [-0.3, -0.25) is 0 Å². The van der Waals surface area contributed by atoms with E-state index in [0.29, 0.717) is 29.0 Å². The lowest BCUT2D eigenvalue weighted by molar-refractivity contribution is 0.445. The first-order valence-corrected chi connectivity index (χ1v) is 6.39. The fourth-order valence-corrected chi connectivity index (χ4v) is 2.08. The van der Waals surface area contributed by atoms with Crippen LogP contribution in [0.1, 0.15) is 11.3 Å². The molecule has 7 heteroatoms. The van der Waals surface area contributed by atoms with Crippen LogP contribution in [0.25, 0.3) is 5.78 Å². The molecule has 0 atom stereocenters. The van der Waals surface area contributed by atoms with E-state index in [1.165, 1.54) is 10.8 Å². The molecule has 0 fully saturated rings. The van der Waals surface area contributed by atoms with E-state index in [1.807, 2.05) is 13.0 Å². The second-order valence-corrected chi connectivity index (χ2v) is 4.69. The number of ether oxygens (including phenoxy) is 1. The molecule has 0 bridgehead atoms. The van der Waals surface area contributed by atoms with Crippen LogP contribution < -0.4 is 10.5 Å². The third-order valence-corrected chi connectivity index (χ3v) is 3.09. The van der Waals surface area contributed by atoms with Gasteiger partial charge in [0, 0.05) is 18.3 Å². The Bertz CT molecular complexity index is 771. The van der Waals surface area contributed by atoms with Crippen molar-refractivity contribution in [3.8, 4) is 11.6 Å². The van der Waals surface area contributed by atoms with Crippen molar-refractivity contribution in [2.45, 2.75) is 13.5 Å². The van der Waals surface area contributed by atoms with Crippen molar-refractivity contribution in [3.63, 3.8) is 0 Å². The van der Waals surface area contributed by atoms with Gasteiger partial charge in [0.05, 0.1) is 5.02 Å². The molecule has 3 aromatic rings. The highest BCUT2D eigenvalue weighted by molar-refractivity contribution is 6.32. The summed E-state index contributed by atoms with van der Waals surface area (Å²) < 4.78 is 7.32. The summed E-state index contributed by atoms with van der Waals surface area (Å²) in [7, 11) is 0. The Hall–Kier alpha value is -2.18. The third-order valence-electron chi connectivity index (χ3n) is 2.79. The van der Waals surface area contributed by atoms with Crippen molar-refractivity contribution in [3.05, 3.63) is 46.9 Å². The predicted molar refractivity (Wildman–Crippen MR) is 74.9 cm³/mol. The summed E-state index contributed by atoms with van der Waals surface area (Å²) in [5, 5.41) is 4.57. The third kappa shape index (κ3) is 2.31. The number of nitrogens with two attached hydrogens (primary N) is 1. The smallest absolute Gasteiger partial charge is 0.255 e. The van der Waals surface area contributed by atoms with Crippen LogP contribution in [-0.2, 0) is 6.54 Å². The number of halogens is 1. The highest BCUT2D eigenvalue weighted by Gasteiger charge is 2.10. The zero-order valence-corrected chi connectivity index (χ0v) is 11.5. The van der Waals surface area contributed by atoms with E-state index in [4.69, 9.17) is 22.1 Å². The molecule has 0 amide bonds. The molecule has 3 rings (SSSR count). The maximum atomic E-state index is 6.18.